The molecule has 0 amide bonds. The molecule has 1 fully saturated rings. The van der Waals surface area contributed by atoms with Gasteiger partial charge in [0.2, 0.25) is 0 Å². The zero-order valence-electron chi connectivity index (χ0n) is 11.3. The monoisotopic (exact) mass is 273 g/mol. The highest BCUT2D eigenvalue weighted by Crippen LogP contribution is 2.21. The van der Waals surface area contributed by atoms with Crippen molar-refractivity contribution in [2.45, 2.75) is 31.9 Å². The summed E-state index contributed by atoms with van der Waals surface area (Å²) < 4.78 is 8.00. The van der Waals surface area contributed by atoms with Crippen molar-refractivity contribution >= 4 is 16.7 Å². The molecule has 2 aromatic rings. The van der Waals surface area contributed by atoms with Crippen molar-refractivity contribution in [3.05, 3.63) is 36.0 Å². The minimum Gasteiger partial charge on any atom is -0.409 e. The normalized spacial score (nSPS) is 20.4. The first kappa shape index (κ1) is 13.0. The molecule has 5 heteroatoms. The fraction of sp³-hybridized carbons (Fsp3) is 0.400. The van der Waals surface area contributed by atoms with Crippen LogP contribution in [0.3, 0.4) is 0 Å². The molecule has 0 saturated carbocycles. The summed E-state index contributed by atoms with van der Waals surface area (Å²) in [5.74, 6) is 0.135. The van der Waals surface area contributed by atoms with Crippen molar-refractivity contribution in [1.82, 2.24) is 4.57 Å². The summed E-state index contributed by atoms with van der Waals surface area (Å²) in [6.07, 6.45) is 5.92. The van der Waals surface area contributed by atoms with Crippen LogP contribution >= 0.6 is 0 Å². The maximum atomic E-state index is 8.72. The Kier molecular flexibility index (Phi) is 3.60. The smallest absolute Gasteiger partial charge is 0.170 e. The lowest BCUT2D eigenvalue weighted by atomic mass is 10.1. The van der Waals surface area contributed by atoms with Crippen LogP contribution in [0.15, 0.2) is 35.6 Å². The van der Waals surface area contributed by atoms with Gasteiger partial charge in [0.1, 0.15) is 0 Å². The van der Waals surface area contributed by atoms with Gasteiger partial charge in [0.25, 0.3) is 0 Å². The van der Waals surface area contributed by atoms with Crippen LogP contribution in [0.1, 0.15) is 24.8 Å². The van der Waals surface area contributed by atoms with E-state index in [1.165, 1.54) is 12.8 Å². The first-order valence-corrected chi connectivity index (χ1v) is 6.96. The number of benzene rings is 1. The average molecular weight is 273 g/mol. The van der Waals surface area contributed by atoms with Gasteiger partial charge in [0.15, 0.2) is 5.84 Å². The lowest BCUT2D eigenvalue weighted by molar-refractivity contribution is 0.00670. The standard InChI is InChI=1S/C15H19N3O2/c16-15(17-19)12-4-5-14-11(9-12)6-7-18(14)10-13-3-1-2-8-20-13/h4-7,9,13,19H,1-3,8,10H2,(H2,16,17). The fourth-order valence-corrected chi connectivity index (χ4v) is 2.75. The Morgan fingerprint density at radius 1 is 1.40 bits per heavy atom. The molecule has 1 aliphatic rings. The van der Waals surface area contributed by atoms with E-state index in [0.717, 1.165) is 36.0 Å². The van der Waals surface area contributed by atoms with E-state index in [1.54, 1.807) is 0 Å². The Morgan fingerprint density at radius 3 is 3.05 bits per heavy atom. The summed E-state index contributed by atoms with van der Waals surface area (Å²) in [7, 11) is 0. The predicted molar refractivity (Wildman–Crippen MR) is 78.0 cm³/mol. The SMILES string of the molecule is N/C(=N/O)c1ccc2c(ccn2CC2CCCCO2)c1. The van der Waals surface area contributed by atoms with Gasteiger partial charge in [-0.1, -0.05) is 5.16 Å². The van der Waals surface area contributed by atoms with Crippen LogP contribution in [0.25, 0.3) is 10.9 Å². The fourth-order valence-electron chi connectivity index (χ4n) is 2.75. The molecule has 1 atom stereocenters. The number of rotatable bonds is 3. The van der Waals surface area contributed by atoms with E-state index in [4.69, 9.17) is 15.7 Å². The van der Waals surface area contributed by atoms with Crippen LogP contribution in [-0.4, -0.2) is 28.3 Å². The molecule has 5 nitrogen and oxygen atoms in total. The highest BCUT2D eigenvalue weighted by molar-refractivity contribution is 6.00. The molecule has 2 heterocycles. The van der Waals surface area contributed by atoms with E-state index in [1.807, 2.05) is 24.3 Å². The van der Waals surface area contributed by atoms with E-state index in [-0.39, 0.29) is 5.84 Å². The largest absolute Gasteiger partial charge is 0.409 e. The third-order valence-corrected chi connectivity index (χ3v) is 3.85. The van der Waals surface area contributed by atoms with Crippen molar-refractivity contribution < 1.29 is 9.94 Å². The van der Waals surface area contributed by atoms with Gasteiger partial charge in [0.05, 0.1) is 6.10 Å². The second kappa shape index (κ2) is 5.54. The molecular formula is C15H19N3O2. The molecule has 1 aliphatic heterocycles. The summed E-state index contributed by atoms with van der Waals surface area (Å²) in [4.78, 5) is 0. The van der Waals surface area contributed by atoms with Gasteiger partial charge in [-0.25, -0.2) is 0 Å². The molecule has 1 aromatic carbocycles. The van der Waals surface area contributed by atoms with E-state index in [2.05, 4.69) is 15.9 Å². The Labute approximate surface area is 117 Å². The Balaban J connectivity index is 1.85. The number of aromatic nitrogens is 1. The second-order valence-electron chi connectivity index (χ2n) is 5.22. The third-order valence-electron chi connectivity index (χ3n) is 3.85. The van der Waals surface area contributed by atoms with E-state index >= 15 is 0 Å². The Bertz CT molecular complexity index is 627. The van der Waals surface area contributed by atoms with Crippen molar-refractivity contribution in [2.75, 3.05) is 6.61 Å². The van der Waals surface area contributed by atoms with Gasteiger partial charge >= 0.3 is 0 Å². The molecule has 0 radical (unpaired) electrons. The highest BCUT2D eigenvalue weighted by Gasteiger charge is 2.15. The maximum Gasteiger partial charge on any atom is 0.170 e. The van der Waals surface area contributed by atoms with Crippen LogP contribution < -0.4 is 5.73 Å². The third kappa shape index (κ3) is 2.49. The molecule has 3 N–H and O–H groups in total. The van der Waals surface area contributed by atoms with E-state index in [9.17, 15) is 0 Å². The number of hydrogen-bond acceptors (Lipinski definition) is 3. The quantitative estimate of drug-likeness (QED) is 0.390. The molecule has 3 rings (SSSR count). The molecule has 0 aliphatic carbocycles. The van der Waals surface area contributed by atoms with Gasteiger partial charge in [-0.05, 0) is 43.5 Å². The first-order valence-electron chi connectivity index (χ1n) is 6.96. The summed E-state index contributed by atoms with van der Waals surface area (Å²) in [5.41, 5.74) is 7.49. The van der Waals surface area contributed by atoms with Crippen LogP contribution in [-0.2, 0) is 11.3 Å². The second-order valence-corrected chi connectivity index (χ2v) is 5.22. The molecule has 1 saturated heterocycles. The van der Waals surface area contributed by atoms with E-state index in [0.29, 0.717) is 6.10 Å². The maximum absolute atomic E-state index is 8.72. The topological polar surface area (TPSA) is 72.8 Å². The van der Waals surface area contributed by atoms with Crippen LogP contribution in [0.5, 0.6) is 0 Å². The predicted octanol–water partition coefficient (Wildman–Crippen LogP) is 2.30. The molecule has 1 unspecified atom stereocenters. The number of hydrogen-bond donors (Lipinski definition) is 2. The molecule has 20 heavy (non-hydrogen) atoms. The van der Waals surface area contributed by atoms with Gasteiger partial charge < -0.3 is 20.2 Å². The molecular weight excluding hydrogens is 254 g/mol. The number of fused-ring (bicyclic) bond motifs is 1. The van der Waals surface area contributed by atoms with Crippen molar-refractivity contribution in [3.63, 3.8) is 0 Å². The van der Waals surface area contributed by atoms with E-state index < -0.39 is 0 Å². The van der Waals surface area contributed by atoms with Crippen molar-refractivity contribution in [3.8, 4) is 0 Å². The number of amidine groups is 1. The van der Waals surface area contributed by atoms with Gasteiger partial charge in [0, 0.05) is 35.8 Å². The molecule has 106 valence electrons. The minimum atomic E-state index is 0.135. The van der Waals surface area contributed by atoms with Gasteiger partial charge in [-0.3, -0.25) is 0 Å². The zero-order valence-corrected chi connectivity index (χ0v) is 11.3. The van der Waals surface area contributed by atoms with Crippen molar-refractivity contribution in [1.29, 1.82) is 0 Å². The Hall–Kier alpha value is -2.01. The van der Waals surface area contributed by atoms with Crippen molar-refractivity contribution in [2.24, 2.45) is 10.9 Å². The molecule has 0 spiro atoms. The van der Waals surface area contributed by atoms with Gasteiger partial charge in [-0.15, -0.1) is 0 Å². The number of nitrogens with zero attached hydrogens (tertiary/aromatic N) is 2. The van der Waals surface area contributed by atoms with Gasteiger partial charge in [-0.2, -0.15) is 0 Å². The summed E-state index contributed by atoms with van der Waals surface area (Å²) in [5, 5.41) is 12.8. The molecule has 0 bridgehead atoms. The summed E-state index contributed by atoms with van der Waals surface area (Å²) in [6, 6.07) is 7.86. The lowest BCUT2D eigenvalue weighted by Gasteiger charge is -2.23. The molecule has 1 aromatic heterocycles. The number of nitrogens with two attached hydrogens (primary N) is 1. The first-order chi connectivity index (χ1) is 9.78. The Morgan fingerprint density at radius 2 is 2.30 bits per heavy atom. The highest BCUT2D eigenvalue weighted by atomic mass is 16.5. The number of oxime groups is 1. The average Bonchev–Trinajstić information content (AvgIpc) is 2.90. The zero-order chi connectivity index (χ0) is 13.9. The van der Waals surface area contributed by atoms with Crippen LogP contribution in [0, 0.1) is 0 Å². The van der Waals surface area contributed by atoms with Crippen LogP contribution in [0.4, 0.5) is 0 Å². The number of ether oxygens (including phenoxy) is 1. The summed E-state index contributed by atoms with van der Waals surface area (Å²) >= 11 is 0. The van der Waals surface area contributed by atoms with Crippen LogP contribution in [0.2, 0.25) is 0 Å². The summed E-state index contributed by atoms with van der Waals surface area (Å²) in [6.45, 7) is 1.75. The lowest BCUT2D eigenvalue weighted by Crippen LogP contribution is -2.24. The minimum absolute atomic E-state index is 0.135.